The Morgan fingerprint density at radius 3 is 2.52 bits per heavy atom. The highest BCUT2D eigenvalue weighted by Crippen LogP contribution is 2.22. The molecule has 1 atom stereocenters. The Labute approximate surface area is 185 Å². The number of pyridine rings is 1. The second-order valence-corrected chi connectivity index (χ2v) is 8.08. The number of para-hydroxylation sites is 1. The molecule has 7 heteroatoms. The van der Waals surface area contributed by atoms with Crippen LogP contribution >= 0.6 is 11.8 Å². The molecule has 0 aliphatic carbocycles. The molecule has 0 saturated heterocycles. The van der Waals surface area contributed by atoms with E-state index in [0.29, 0.717) is 30.6 Å². The second kappa shape index (κ2) is 10.7. The maximum absolute atomic E-state index is 6.27. The Kier molecular flexibility index (Phi) is 7.31. The van der Waals surface area contributed by atoms with Gasteiger partial charge in [0.1, 0.15) is 5.75 Å². The van der Waals surface area contributed by atoms with E-state index in [1.54, 1.807) is 18.0 Å². The van der Waals surface area contributed by atoms with Gasteiger partial charge in [-0.05, 0) is 48.4 Å². The maximum Gasteiger partial charge on any atom is 0.247 e. The van der Waals surface area contributed by atoms with Crippen molar-refractivity contribution in [2.45, 2.75) is 18.2 Å². The first-order valence-electron chi connectivity index (χ1n) is 10.1. The average molecular weight is 433 g/mol. The summed E-state index contributed by atoms with van der Waals surface area (Å²) in [4.78, 5) is 4.33. The van der Waals surface area contributed by atoms with E-state index in [2.05, 4.69) is 15.2 Å². The van der Waals surface area contributed by atoms with Crippen molar-refractivity contribution in [1.29, 1.82) is 0 Å². The van der Waals surface area contributed by atoms with Crippen LogP contribution in [0.15, 0.2) is 83.4 Å². The number of hydrogen-bond acceptors (Lipinski definition) is 7. The summed E-state index contributed by atoms with van der Waals surface area (Å²) < 4.78 is 11.5. The average Bonchev–Trinajstić information content (AvgIpc) is 3.29. The predicted octanol–water partition coefficient (Wildman–Crippen LogP) is 4.69. The molecule has 158 valence electrons. The molecule has 6 nitrogen and oxygen atoms in total. The van der Waals surface area contributed by atoms with Crippen LogP contribution in [0.2, 0.25) is 0 Å². The molecule has 31 heavy (non-hydrogen) atoms. The van der Waals surface area contributed by atoms with Crippen molar-refractivity contribution in [3.8, 4) is 17.2 Å². The molecule has 0 aliphatic heterocycles. The minimum Gasteiger partial charge on any atom is -0.493 e. The number of thioether (sulfide) groups is 1. The molecule has 2 heterocycles. The summed E-state index contributed by atoms with van der Waals surface area (Å²) >= 11 is 1.70. The van der Waals surface area contributed by atoms with E-state index in [4.69, 9.17) is 14.9 Å². The lowest BCUT2D eigenvalue weighted by molar-refractivity contribution is 0.344. The Bertz CT molecular complexity index is 1060. The first-order valence-corrected chi connectivity index (χ1v) is 11.3. The Morgan fingerprint density at radius 1 is 0.935 bits per heavy atom. The molecule has 2 aromatic carbocycles. The lowest BCUT2D eigenvalue weighted by atomic mass is 10.0. The lowest BCUT2D eigenvalue weighted by Gasteiger charge is -2.11. The van der Waals surface area contributed by atoms with Gasteiger partial charge in [0, 0.05) is 17.5 Å². The SMILES string of the molecule is NC(Cc1ccc(-c2nnc(CSCCOc3ccccc3)o2)cc1)c1ccccn1. The van der Waals surface area contributed by atoms with Gasteiger partial charge in [-0.15, -0.1) is 22.0 Å². The van der Waals surface area contributed by atoms with E-state index < -0.39 is 0 Å². The van der Waals surface area contributed by atoms with Gasteiger partial charge in [0.2, 0.25) is 11.8 Å². The highest BCUT2D eigenvalue weighted by molar-refractivity contribution is 7.98. The summed E-state index contributed by atoms with van der Waals surface area (Å²) in [7, 11) is 0. The summed E-state index contributed by atoms with van der Waals surface area (Å²) in [6, 6.07) is 23.5. The van der Waals surface area contributed by atoms with Gasteiger partial charge in [-0.3, -0.25) is 4.98 Å². The molecule has 2 N–H and O–H groups in total. The third-order valence-corrected chi connectivity index (χ3v) is 5.56. The molecule has 1 unspecified atom stereocenters. The number of nitrogens with zero attached hydrogens (tertiary/aromatic N) is 3. The molecular formula is C24H24N4O2S. The normalized spacial score (nSPS) is 11.9. The molecule has 0 fully saturated rings. The van der Waals surface area contributed by atoms with Crippen molar-refractivity contribution in [3.05, 3.63) is 96.1 Å². The highest BCUT2D eigenvalue weighted by atomic mass is 32.2. The molecule has 0 saturated carbocycles. The van der Waals surface area contributed by atoms with Crippen LogP contribution in [0.3, 0.4) is 0 Å². The summed E-state index contributed by atoms with van der Waals surface area (Å²) in [5, 5.41) is 8.33. The van der Waals surface area contributed by atoms with E-state index in [-0.39, 0.29) is 6.04 Å². The van der Waals surface area contributed by atoms with Crippen LogP contribution in [0.25, 0.3) is 11.5 Å². The van der Waals surface area contributed by atoms with Crippen molar-refractivity contribution in [2.24, 2.45) is 5.73 Å². The summed E-state index contributed by atoms with van der Waals surface area (Å²) in [6.45, 7) is 0.637. The smallest absolute Gasteiger partial charge is 0.247 e. The summed E-state index contributed by atoms with van der Waals surface area (Å²) in [5.41, 5.74) is 9.18. The van der Waals surface area contributed by atoms with Gasteiger partial charge in [0.15, 0.2) is 0 Å². The van der Waals surface area contributed by atoms with Gasteiger partial charge in [-0.1, -0.05) is 36.4 Å². The van der Waals surface area contributed by atoms with Crippen LogP contribution in [0.4, 0.5) is 0 Å². The van der Waals surface area contributed by atoms with Crippen LogP contribution in [-0.4, -0.2) is 27.5 Å². The van der Waals surface area contributed by atoms with E-state index in [1.165, 1.54) is 0 Å². The van der Waals surface area contributed by atoms with Crippen LogP contribution < -0.4 is 10.5 Å². The Morgan fingerprint density at radius 2 is 1.74 bits per heavy atom. The van der Waals surface area contributed by atoms with E-state index in [1.807, 2.05) is 72.8 Å². The first-order chi connectivity index (χ1) is 15.3. The van der Waals surface area contributed by atoms with Gasteiger partial charge in [-0.25, -0.2) is 0 Å². The standard InChI is InChI=1S/C24H24N4O2S/c25-21(22-8-4-5-13-26-22)16-18-9-11-19(12-10-18)24-28-27-23(30-24)17-31-15-14-29-20-6-2-1-3-7-20/h1-13,21H,14-17,25H2. The fourth-order valence-corrected chi connectivity index (χ4v) is 3.70. The number of hydrogen-bond donors (Lipinski definition) is 1. The zero-order valence-electron chi connectivity index (χ0n) is 17.1. The minimum absolute atomic E-state index is 0.134. The molecule has 0 aliphatic rings. The van der Waals surface area contributed by atoms with Crippen molar-refractivity contribution in [3.63, 3.8) is 0 Å². The Hall–Kier alpha value is -3.16. The molecule has 0 spiro atoms. The van der Waals surface area contributed by atoms with Crippen LogP contribution in [-0.2, 0) is 12.2 Å². The van der Waals surface area contributed by atoms with Crippen molar-refractivity contribution >= 4 is 11.8 Å². The molecule has 0 amide bonds. The highest BCUT2D eigenvalue weighted by Gasteiger charge is 2.11. The minimum atomic E-state index is -0.134. The van der Waals surface area contributed by atoms with Gasteiger partial charge in [-0.2, -0.15) is 0 Å². The number of nitrogens with two attached hydrogens (primary N) is 1. The second-order valence-electron chi connectivity index (χ2n) is 6.98. The van der Waals surface area contributed by atoms with Gasteiger partial charge >= 0.3 is 0 Å². The van der Waals surface area contributed by atoms with E-state index in [0.717, 1.165) is 28.3 Å². The quantitative estimate of drug-likeness (QED) is 0.364. The number of rotatable bonds is 10. The molecule has 4 rings (SSSR count). The zero-order chi connectivity index (χ0) is 21.3. The largest absolute Gasteiger partial charge is 0.493 e. The predicted molar refractivity (Wildman–Crippen MR) is 123 cm³/mol. The number of benzene rings is 2. The fraction of sp³-hybridized carbons (Fsp3) is 0.208. The first kappa shape index (κ1) is 21.1. The van der Waals surface area contributed by atoms with Crippen molar-refractivity contribution in [2.75, 3.05) is 12.4 Å². The summed E-state index contributed by atoms with van der Waals surface area (Å²) in [6.07, 6.45) is 2.48. The Balaban J connectivity index is 1.24. The third kappa shape index (κ3) is 6.16. The molecule has 4 aromatic rings. The van der Waals surface area contributed by atoms with Crippen LogP contribution in [0.5, 0.6) is 5.75 Å². The van der Waals surface area contributed by atoms with Crippen LogP contribution in [0.1, 0.15) is 23.2 Å². The van der Waals surface area contributed by atoms with Crippen molar-refractivity contribution in [1.82, 2.24) is 15.2 Å². The number of aromatic nitrogens is 3. The zero-order valence-corrected chi connectivity index (χ0v) is 17.9. The van der Waals surface area contributed by atoms with Crippen molar-refractivity contribution < 1.29 is 9.15 Å². The summed E-state index contributed by atoms with van der Waals surface area (Å²) in [5.74, 6) is 3.52. The van der Waals surface area contributed by atoms with Crippen LogP contribution in [0, 0.1) is 0 Å². The number of ether oxygens (including phenoxy) is 1. The molecular weight excluding hydrogens is 408 g/mol. The van der Waals surface area contributed by atoms with Gasteiger partial charge in [0.25, 0.3) is 0 Å². The van der Waals surface area contributed by atoms with E-state index in [9.17, 15) is 0 Å². The molecule has 2 aromatic heterocycles. The maximum atomic E-state index is 6.27. The molecule has 0 bridgehead atoms. The monoisotopic (exact) mass is 432 g/mol. The molecule has 0 radical (unpaired) electrons. The third-order valence-electron chi connectivity index (χ3n) is 4.66. The van der Waals surface area contributed by atoms with Gasteiger partial charge in [0.05, 0.1) is 24.1 Å². The topological polar surface area (TPSA) is 87.1 Å². The van der Waals surface area contributed by atoms with Gasteiger partial charge < -0.3 is 14.9 Å². The van der Waals surface area contributed by atoms with E-state index >= 15 is 0 Å². The fourth-order valence-electron chi connectivity index (χ4n) is 3.06. The lowest BCUT2D eigenvalue weighted by Crippen LogP contribution is -2.14.